The molecule has 0 fully saturated rings. The molecule has 5 heteroatoms. The van der Waals surface area contributed by atoms with Gasteiger partial charge < -0.3 is 14.8 Å². The first kappa shape index (κ1) is 18.1. The molecule has 0 radical (unpaired) electrons. The normalized spacial score (nSPS) is 11.0. The van der Waals surface area contributed by atoms with E-state index in [1.54, 1.807) is 32.4 Å². The van der Waals surface area contributed by atoms with Gasteiger partial charge in [-0.15, -0.1) is 0 Å². The van der Waals surface area contributed by atoms with E-state index in [1.807, 2.05) is 38.1 Å². The Labute approximate surface area is 147 Å². The summed E-state index contributed by atoms with van der Waals surface area (Å²) in [5, 5.41) is 3.63. The Morgan fingerprint density at radius 1 is 1.04 bits per heavy atom. The molecular formula is C19H22ClNO3. The maximum Gasteiger partial charge on any atom is 0.230 e. The van der Waals surface area contributed by atoms with Crippen molar-refractivity contribution in [2.75, 3.05) is 19.5 Å². The van der Waals surface area contributed by atoms with Crippen LogP contribution in [0.2, 0.25) is 5.02 Å². The van der Waals surface area contributed by atoms with Crippen LogP contribution in [0.25, 0.3) is 0 Å². The van der Waals surface area contributed by atoms with E-state index in [-0.39, 0.29) is 5.91 Å². The van der Waals surface area contributed by atoms with Crippen LogP contribution < -0.4 is 14.8 Å². The van der Waals surface area contributed by atoms with Crippen LogP contribution in [-0.4, -0.2) is 20.1 Å². The first-order valence-corrected chi connectivity index (χ1v) is 8.01. The van der Waals surface area contributed by atoms with Gasteiger partial charge in [0.2, 0.25) is 5.91 Å². The Balaban J connectivity index is 2.11. The second-order valence-corrected chi connectivity index (χ2v) is 6.65. The predicted octanol–water partition coefficient (Wildman–Crippen LogP) is 4.56. The van der Waals surface area contributed by atoms with Crippen molar-refractivity contribution < 1.29 is 14.3 Å². The molecule has 0 saturated heterocycles. The molecule has 0 unspecified atom stereocenters. The lowest BCUT2D eigenvalue weighted by molar-refractivity contribution is -0.123. The molecule has 0 aliphatic heterocycles. The van der Waals surface area contributed by atoms with E-state index in [0.29, 0.717) is 28.6 Å². The van der Waals surface area contributed by atoms with Gasteiger partial charge in [-0.3, -0.25) is 4.79 Å². The van der Waals surface area contributed by atoms with Crippen molar-refractivity contribution >= 4 is 23.2 Å². The third kappa shape index (κ3) is 4.42. The average molecular weight is 348 g/mol. The highest BCUT2D eigenvalue weighted by molar-refractivity contribution is 6.30. The Morgan fingerprint density at radius 2 is 1.67 bits per heavy atom. The second-order valence-electron chi connectivity index (χ2n) is 6.21. The molecule has 0 saturated carbocycles. The van der Waals surface area contributed by atoms with Crippen LogP contribution in [0.15, 0.2) is 42.5 Å². The Bertz CT molecular complexity index is 711. The lowest BCUT2D eigenvalue weighted by Crippen LogP contribution is -2.32. The van der Waals surface area contributed by atoms with Crippen LogP contribution in [0.3, 0.4) is 0 Å². The molecule has 4 nitrogen and oxygen atoms in total. The van der Waals surface area contributed by atoms with E-state index in [0.717, 1.165) is 5.56 Å². The zero-order chi connectivity index (χ0) is 17.7. The number of hydrogen-bond acceptors (Lipinski definition) is 3. The van der Waals surface area contributed by atoms with Crippen molar-refractivity contribution in [1.29, 1.82) is 0 Å². The lowest BCUT2D eigenvalue weighted by Gasteiger charge is -2.24. The van der Waals surface area contributed by atoms with E-state index in [2.05, 4.69) is 5.32 Å². The van der Waals surface area contributed by atoms with Crippen molar-refractivity contribution in [1.82, 2.24) is 0 Å². The molecular weight excluding hydrogens is 326 g/mol. The molecule has 1 amide bonds. The number of benzene rings is 2. The number of anilines is 1. The summed E-state index contributed by atoms with van der Waals surface area (Å²) in [6.45, 7) is 3.83. The van der Waals surface area contributed by atoms with Crippen molar-refractivity contribution in [2.24, 2.45) is 5.41 Å². The average Bonchev–Trinajstić information content (AvgIpc) is 2.56. The van der Waals surface area contributed by atoms with E-state index in [9.17, 15) is 4.79 Å². The van der Waals surface area contributed by atoms with Gasteiger partial charge in [0.05, 0.1) is 14.2 Å². The van der Waals surface area contributed by atoms with Crippen LogP contribution in [-0.2, 0) is 11.2 Å². The van der Waals surface area contributed by atoms with E-state index < -0.39 is 5.41 Å². The Hall–Kier alpha value is -2.20. The zero-order valence-electron chi connectivity index (χ0n) is 14.4. The third-order valence-corrected chi connectivity index (χ3v) is 4.07. The Morgan fingerprint density at radius 3 is 2.25 bits per heavy atom. The van der Waals surface area contributed by atoms with Crippen molar-refractivity contribution in [3.8, 4) is 11.5 Å². The molecule has 128 valence electrons. The van der Waals surface area contributed by atoms with Crippen LogP contribution in [0.5, 0.6) is 11.5 Å². The summed E-state index contributed by atoms with van der Waals surface area (Å²) in [5.41, 5.74) is 1.16. The van der Waals surface area contributed by atoms with Crippen LogP contribution in [0, 0.1) is 5.41 Å². The third-order valence-electron chi connectivity index (χ3n) is 3.82. The fraction of sp³-hybridized carbons (Fsp3) is 0.316. The van der Waals surface area contributed by atoms with Gasteiger partial charge >= 0.3 is 0 Å². The molecule has 0 aliphatic carbocycles. The quantitative estimate of drug-likeness (QED) is 0.833. The van der Waals surface area contributed by atoms with Crippen LogP contribution in [0.1, 0.15) is 19.4 Å². The lowest BCUT2D eigenvalue weighted by atomic mass is 9.84. The number of methoxy groups -OCH3 is 2. The van der Waals surface area contributed by atoms with Crippen LogP contribution >= 0.6 is 11.6 Å². The van der Waals surface area contributed by atoms with Gasteiger partial charge in [0.25, 0.3) is 0 Å². The molecule has 2 aromatic rings. The van der Waals surface area contributed by atoms with Crippen molar-refractivity contribution in [3.05, 3.63) is 53.1 Å². The number of nitrogens with one attached hydrogen (secondary N) is 1. The van der Waals surface area contributed by atoms with Gasteiger partial charge in [-0.1, -0.05) is 37.6 Å². The molecule has 0 atom stereocenters. The minimum absolute atomic E-state index is 0.0651. The number of rotatable bonds is 6. The van der Waals surface area contributed by atoms with Gasteiger partial charge in [-0.25, -0.2) is 0 Å². The number of halogens is 1. The summed E-state index contributed by atoms with van der Waals surface area (Å²) in [5.74, 6) is 1.13. The molecule has 0 heterocycles. The molecule has 0 aliphatic rings. The number of amides is 1. The number of carbonyl (C=O) groups is 1. The topological polar surface area (TPSA) is 47.6 Å². The maximum absolute atomic E-state index is 12.7. The van der Waals surface area contributed by atoms with Gasteiger partial charge in [-0.2, -0.15) is 0 Å². The second kappa shape index (κ2) is 7.58. The SMILES string of the molecule is COc1ccc(NC(=O)C(C)(C)Cc2ccc(Cl)cc2)cc1OC. The first-order valence-electron chi connectivity index (χ1n) is 7.63. The van der Waals surface area contributed by atoms with Gasteiger partial charge in [-0.05, 0) is 36.2 Å². The summed E-state index contributed by atoms with van der Waals surface area (Å²) in [4.78, 5) is 12.7. The van der Waals surface area contributed by atoms with E-state index in [1.165, 1.54) is 0 Å². The van der Waals surface area contributed by atoms with Crippen LogP contribution in [0.4, 0.5) is 5.69 Å². The highest BCUT2D eigenvalue weighted by Crippen LogP contribution is 2.31. The van der Waals surface area contributed by atoms with E-state index >= 15 is 0 Å². The summed E-state index contributed by atoms with van der Waals surface area (Å²) < 4.78 is 10.5. The molecule has 2 aromatic carbocycles. The largest absolute Gasteiger partial charge is 0.493 e. The fourth-order valence-electron chi connectivity index (χ4n) is 2.41. The Kier molecular flexibility index (Phi) is 5.73. The van der Waals surface area contributed by atoms with Gasteiger partial charge in [0.1, 0.15) is 0 Å². The monoisotopic (exact) mass is 347 g/mol. The van der Waals surface area contributed by atoms with Gasteiger partial charge in [0.15, 0.2) is 11.5 Å². The maximum atomic E-state index is 12.7. The zero-order valence-corrected chi connectivity index (χ0v) is 15.1. The fourth-order valence-corrected chi connectivity index (χ4v) is 2.53. The first-order chi connectivity index (χ1) is 11.4. The number of ether oxygens (including phenoxy) is 2. The minimum Gasteiger partial charge on any atom is -0.493 e. The van der Waals surface area contributed by atoms with Crippen molar-refractivity contribution in [2.45, 2.75) is 20.3 Å². The molecule has 0 aromatic heterocycles. The smallest absolute Gasteiger partial charge is 0.230 e. The standard InChI is InChI=1S/C19H22ClNO3/c1-19(2,12-13-5-7-14(20)8-6-13)18(22)21-15-9-10-16(23-3)17(11-15)24-4/h5-11H,12H2,1-4H3,(H,21,22). The highest BCUT2D eigenvalue weighted by atomic mass is 35.5. The highest BCUT2D eigenvalue weighted by Gasteiger charge is 2.28. The number of hydrogen-bond donors (Lipinski definition) is 1. The minimum atomic E-state index is -0.568. The predicted molar refractivity (Wildman–Crippen MR) is 97.1 cm³/mol. The molecule has 1 N–H and O–H groups in total. The number of carbonyl (C=O) groups excluding carboxylic acids is 1. The van der Waals surface area contributed by atoms with Crippen molar-refractivity contribution in [3.63, 3.8) is 0 Å². The molecule has 24 heavy (non-hydrogen) atoms. The summed E-state index contributed by atoms with van der Waals surface area (Å²) >= 11 is 5.90. The molecule has 0 bridgehead atoms. The molecule has 2 rings (SSSR count). The summed E-state index contributed by atoms with van der Waals surface area (Å²) in [6, 6.07) is 12.8. The summed E-state index contributed by atoms with van der Waals surface area (Å²) in [6.07, 6.45) is 0.614. The molecule has 0 spiro atoms. The van der Waals surface area contributed by atoms with Gasteiger partial charge in [0, 0.05) is 22.2 Å². The summed E-state index contributed by atoms with van der Waals surface area (Å²) in [7, 11) is 3.14. The van der Waals surface area contributed by atoms with E-state index in [4.69, 9.17) is 21.1 Å².